The molecular weight excluding hydrogens is 280 g/mol. The van der Waals surface area contributed by atoms with Gasteiger partial charge in [0.2, 0.25) is 0 Å². The number of carbonyl (C=O) groups is 2. The van der Waals surface area contributed by atoms with Crippen molar-refractivity contribution in [3.05, 3.63) is 29.0 Å². The zero-order chi connectivity index (χ0) is 14.5. The van der Waals surface area contributed by atoms with Crippen LogP contribution in [0, 0.1) is 6.92 Å². The highest BCUT2D eigenvalue weighted by Crippen LogP contribution is 2.27. The third-order valence-electron chi connectivity index (χ3n) is 2.60. The fraction of sp³-hybridized carbons (Fsp3) is 0.308. The summed E-state index contributed by atoms with van der Waals surface area (Å²) in [6.45, 7) is 2.13. The van der Waals surface area contributed by atoms with Crippen LogP contribution in [-0.4, -0.2) is 28.5 Å². The van der Waals surface area contributed by atoms with Crippen LogP contribution in [0.2, 0.25) is 0 Å². The van der Waals surface area contributed by atoms with E-state index < -0.39 is 5.97 Å². The van der Waals surface area contributed by atoms with Gasteiger partial charge in [0.1, 0.15) is 5.69 Å². The van der Waals surface area contributed by atoms with Gasteiger partial charge < -0.3 is 14.8 Å². The zero-order valence-corrected chi connectivity index (χ0v) is 11.7. The lowest BCUT2D eigenvalue weighted by molar-refractivity contribution is -0.137. The van der Waals surface area contributed by atoms with Crippen LogP contribution in [0.25, 0.3) is 10.8 Å². The van der Waals surface area contributed by atoms with Crippen LogP contribution < -0.4 is 5.32 Å². The van der Waals surface area contributed by atoms with Gasteiger partial charge in [-0.1, -0.05) is 0 Å². The molecule has 2 N–H and O–H groups in total. The molecule has 0 aliphatic heterocycles. The van der Waals surface area contributed by atoms with Gasteiger partial charge in [-0.2, -0.15) is 0 Å². The van der Waals surface area contributed by atoms with E-state index in [0.717, 1.165) is 4.88 Å². The molecule has 0 aliphatic rings. The molecule has 2 heterocycles. The first-order valence-corrected chi connectivity index (χ1v) is 6.91. The summed E-state index contributed by atoms with van der Waals surface area (Å²) in [6, 6.07) is 3.55. The molecule has 1 amide bonds. The van der Waals surface area contributed by atoms with E-state index in [-0.39, 0.29) is 12.3 Å². The molecule has 0 unspecified atom stereocenters. The van der Waals surface area contributed by atoms with E-state index in [2.05, 4.69) is 10.3 Å². The molecule has 0 radical (unpaired) electrons. The second-order valence-electron chi connectivity index (χ2n) is 4.15. The molecule has 2 aromatic heterocycles. The van der Waals surface area contributed by atoms with Crippen LogP contribution in [-0.2, 0) is 4.79 Å². The van der Waals surface area contributed by atoms with Crippen molar-refractivity contribution in [3.63, 3.8) is 0 Å². The van der Waals surface area contributed by atoms with E-state index >= 15 is 0 Å². The maximum absolute atomic E-state index is 11.9. The molecule has 20 heavy (non-hydrogen) atoms. The number of carboxylic acids is 1. The van der Waals surface area contributed by atoms with Crippen LogP contribution in [0.5, 0.6) is 0 Å². The first kappa shape index (κ1) is 14.3. The fourth-order valence-corrected chi connectivity index (χ4v) is 2.52. The van der Waals surface area contributed by atoms with Crippen molar-refractivity contribution in [2.24, 2.45) is 0 Å². The lowest BCUT2D eigenvalue weighted by atomic mass is 10.3. The molecule has 0 saturated heterocycles. The van der Waals surface area contributed by atoms with Crippen LogP contribution >= 0.6 is 11.3 Å². The molecule has 0 saturated carbocycles. The van der Waals surface area contributed by atoms with E-state index in [9.17, 15) is 9.59 Å². The van der Waals surface area contributed by atoms with Crippen molar-refractivity contribution in [2.45, 2.75) is 19.8 Å². The maximum atomic E-state index is 11.9. The summed E-state index contributed by atoms with van der Waals surface area (Å²) < 4.78 is 5.24. The molecule has 2 aromatic rings. The number of carbonyl (C=O) groups excluding carboxylic acids is 1. The minimum absolute atomic E-state index is 0.0357. The normalized spacial score (nSPS) is 10.4. The van der Waals surface area contributed by atoms with Gasteiger partial charge in [-0.3, -0.25) is 9.59 Å². The molecule has 0 spiro atoms. The summed E-state index contributed by atoms with van der Waals surface area (Å²) in [6.07, 6.45) is 1.99. The fourth-order valence-electron chi connectivity index (χ4n) is 1.64. The Hall–Kier alpha value is -2.15. The van der Waals surface area contributed by atoms with Crippen LogP contribution in [0.3, 0.4) is 0 Å². The average Bonchev–Trinajstić information content (AvgIpc) is 3.02. The minimum atomic E-state index is -0.871. The number of aryl methyl sites for hydroxylation is 1. The molecular formula is C13H14N2O4S. The Bertz CT molecular complexity index is 604. The molecule has 0 bridgehead atoms. The molecule has 0 aliphatic carbocycles. The van der Waals surface area contributed by atoms with Gasteiger partial charge >= 0.3 is 5.97 Å². The highest BCUT2D eigenvalue weighted by Gasteiger charge is 2.17. The molecule has 0 aromatic carbocycles. The number of amides is 1. The van der Waals surface area contributed by atoms with Crippen molar-refractivity contribution in [1.82, 2.24) is 10.3 Å². The van der Waals surface area contributed by atoms with Crippen molar-refractivity contribution in [2.75, 3.05) is 6.54 Å². The number of hydrogen-bond donors (Lipinski definition) is 2. The monoisotopic (exact) mass is 294 g/mol. The molecule has 7 heteroatoms. The summed E-state index contributed by atoms with van der Waals surface area (Å²) in [5, 5.41) is 11.8. The van der Waals surface area contributed by atoms with Gasteiger partial charge in [0, 0.05) is 17.8 Å². The van der Waals surface area contributed by atoms with Crippen LogP contribution in [0.15, 0.2) is 22.8 Å². The molecule has 0 fully saturated rings. The summed E-state index contributed by atoms with van der Waals surface area (Å²) in [5.41, 5.74) is 0.358. The molecule has 6 nitrogen and oxygen atoms in total. The maximum Gasteiger partial charge on any atom is 0.303 e. The van der Waals surface area contributed by atoms with Gasteiger partial charge in [-0.15, -0.1) is 11.3 Å². The number of thiazole rings is 1. The second kappa shape index (κ2) is 6.33. The number of carboxylic acid groups (broad SMARTS) is 1. The third kappa shape index (κ3) is 3.45. The van der Waals surface area contributed by atoms with Crippen LogP contribution in [0.4, 0.5) is 0 Å². The average molecular weight is 294 g/mol. The number of furan rings is 1. The topological polar surface area (TPSA) is 92.4 Å². The molecule has 0 atom stereocenters. The predicted molar refractivity (Wildman–Crippen MR) is 73.8 cm³/mol. The number of rotatable bonds is 6. The Labute approximate surface area is 119 Å². The first-order chi connectivity index (χ1) is 9.58. The van der Waals surface area contributed by atoms with E-state index in [1.165, 1.54) is 11.3 Å². The van der Waals surface area contributed by atoms with Crippen molar-refractivity contribution in [3.8, 4) is 10.8 Å². The van der Waals surface area contributed by atoms with E-state index in [0.29, 0.717) is 29.4 Å². The van der Waals surface area contributed by atoms with Gasteiger partial charge in [-0.25, -0.2) is 4.98 Å². The number of hydrogen-bond acceptors (Lipinski definition) is 5. The quantitative estimate of drug-likeness (QED) is 0.797. The minimum Gasteiger partial charge on any atom is -0.481 e. The van der Waals surface area contributed by atoms with Gasteiger partial charge in [0.05, 0.1) is 6.26 Å². The predicted octanol–water partition coefficient (Wildman–Crippen LogP) is 2.31. The summed E-state index contributed by atoms with van der Waals surface area (Å²) in [7, 11) is 0. The van der Waals surface area contributed by atoms with Gasteiger partial charge in [0.15, 0.2) is 10.8 Å². The Balaban J connectivity index is 1.98. The van der Waals surface area contributed by atoms with E-state index in [4.69, 9.17) is 9.52 Å². The van der Waals surface area contributed by atoms with Gasteiger partial charge in [-0.05, 0) is 25.5 Å². The first-order valence-electron chi connectivity index (χ1n) is 6.09. The smallest absolute Gasteiger partial charge is 0.303 e. The Kier molecular flexibility index (Phi) is 4.52. The van der Waals surface area contributed by atoms with Crippen molar-refractivity contribution in [1.29, 1.82) is 0 Å². The Morgan fingerprint density at radius 2 is 2.30 bits per heavy atom. The second-order valence-corrected chi connectivity index (χ2v) is 5.36. The molecule has 106 valence electrons. The number of aromatic nitrogens is 1. The lowest BCUT2D eigenvalue weighted by Crippen LogP contribution is -2.25. The number of nitrogens with zero attached hydrogens (tertiary/aromatic N) is 1. The highest BCUT2D eigenvalue weighted by atomic mass is 32.1. The van der Waals surface area contributed by atoms with Crippen molar-refractivity contribution >= 4 is 23.2 Å². The summed E-state index contributed by atoms with van der Waals surface area (Å²) in [4.78, 5) is 27.4. The van der Waals surface area contributed by atoms with Gasteiger partial charge in [0.25, 0.3) is 5.91 Å². The third-order valence-corrected chi connectivity index (χ3v) is 3.58. The lowest BCUT2D eigenvalue weighted by Gasteiger charge is -2.02. The van der Waals surface area contributed by atoms with Crippen LogP contribution in [0.1, 0.15) is 28.2 Å². The Morgan fingerprint density at radius 1 is 1.50 bits per heavy atom. The van der Waals surface area contributed by atoms with E-state index in [1.807, 2.05) is 6.92 Å². The Morgan fingerprint density at radius 3 is 2.95 bits per heavy atom. The highest BCUT2D eigenvalue weighted by molar-refractivity contribution is 7.15. The number of aliphatic carboxylic acids is 1. The molecule has 2 rings (SSSR count). The SMILES string of the molecule is Cc1sc(-c2ccco2)nc1C(=O)NCCCC(=O)O. The number of nitrogens with one attached hydrogen (secondary N) is 1. The van der Waals surface area contributed by atoms with Crippen molar-refractivity contribution < 1.29 is 19.1 Å². The summed E-state index contributed by atoms with van der Waals surface area (Å²) >= 11 is 1.38. The largest absolute Gasteiger partial charge is 0.481 e. The standard InChI is InChI=1S/C13H14N2O4S/c1-8-11(12(18)14-6-2-5-10(16)17)15-13(20-8)9-4-3-7-19-9/h3-4,7H,2,5-6H2,1H3,(H,14,18)(H,16,17). The summed E-state index contributed by atoms with van der Waals surface area (Å²) in [5.74, 6) is -0.533. The van der Waals surface area contributed by atoms with E-state index in [1.54, 1.807) is 18.4 Å². The zero-order valence-electron chi connectivity index (χ0n) is 10.9.